The highest BCUT2D eigenvalue weighted by molar-refractivity contribution is 7.16. The fourth-order valence-corrected chi connectivity index (χ4v) is 4.14. The minimum absolute atomic E-state index is 0.271. The number of esters is 1. The van der Waals surface area contributed by atoms with Crippen LogP contribution in [0, 0.1) is 12.8 Å². The van der Waals surface area contributed by atoms with Gasteiger partial charge in [-0.1, -0.05) is 6.92 Å². The van der Waals surface area contributed by atoms with Crippen molar-refractivity contribution >= 4 is 34.3 Å². The maximum Gasteiger partial charge on any atom is 0.341 e. The third-order valence-corrected chi connectivity index (χ3v) is 5.46. The van der Waals surface area contributed by atoms with Gasteiger partial charge in [0.1, 0.15) is 5.00 Å². The van der Waals surface area contributed by atoms with Crippen molar-refractivity contribution < 1.29 is 24.2 Å². The molecule has 138 valence electrons. The van der Waals surface area contributed by atoms with Gasteiger partial charge in [0.2, 0.25) is 0 Å². The molecule has 0 spiro atoms. The van der Waals surface area contributed by atoms with Crippen molar-refractivity contribution in [2.24, 2.45) is 5.92 Å². The van der Waals surface area contributed by atoms with Crippen molar-refractivity contribution in [3.63, 3.8) is 0 Å². The zero-order valence-electron chi connectivity index (χ0n) is 14.8. The molecular weight excluding hydrogens is 344 g/mol. The van der Waals surface area contributed by atoms with Crippen molar-refractivity contribution in [3.8, 4) is 0 Å². The van der Waals surface area contributed by atoms with Crippen LogP contribution in [0.4, 0.5) is 9.80 Å². The Labute approximate surface area is 151 Å². The van der Waals surface area contributed by atoms with E-state index in [2.05, 4.69) is 5.32 Å². The van der Waals surface area contributed by atoms with Gasteiger partial charge in [0, 0.05) is 18.0 Å². The first-order chi connectivity index (χ1) is 11.9. The molecular formula is C17H24N2O5S. The summed E-state index contributed by atoms with van der Waals surface area (Å²) in [7, 11) is 0. The summed E-state index contributed by atoms with van der Waals surface area (Å²) in [6, 6.07) is -0.307. The number of anilines is 1. The van der Waals surface area contributed by atoms with E-state index in [1.807, 2.05) is 13.8 Å². The molecule has 7 nitrogen and oxygen atoms in total. The average molecular weight is 368 g/mol. The Hall–Kier alpha value is -2.09. The van der Waals surface area contributed by atoms with Crippen LogP contribution >= 0.6 is 11.3 Å². The summed E-state index contributed by atoms with van der Waals surface area (Å²) < 4.78 is 5.13. The first kappa shape index (κ1) is 19.2. The predicted octanol–water partition coefficient (Wildman–Crippen LogP) is 3.12. The van der Waals surface area contributed by atoms with Gasteiger partial charge < -0.3 is 14.7 Å². The fraction of sp³-hybridized carbons (Fsp3) is 0.588. The van der Waals surface area contributed by atoms with Crippen LogP contribution in [0.1, 0.15) is 47.5 Å². The van der Waals surface area contributed by atoms with Crippen LogP contribution in [-0.2, 0) is 16.0 Å². The molecule has 0 bridgehead atoms. The molecule has 1 fully saturated rings. The summed E-state index contributed by atoms with van der Waals surface area (Å²) in [5.41, 5.74) is 1.32. The van der Waals surface area contributed by atoms with Crippen molar-refractivity contribution in [3.05, 3.63) is 16.0 Å². The number of aliphatic carboxylic acids is 1. The van der Waals surface area contributed by atoms with Crippen LogP contribution in [0.15, 0.2) is 0 Å². The molecule has 0 saturated carbocycles. The summed E-state index contributed by atoms with van der Waals surface area (Å²) in [6.45, 7) is 6.67. The third-order valence-electron chi connectivity index (χ3n) is 4.39. The number of nitrogens with one attached hydrogen (secondary N) is 1. The second-order valence-electron chi connectivity index (χ2n) is 5.94. The number of aryl methyl sites for hydroxylation is 1. The largest absolute Gasteiger partial charge is 0.481 e. The summed E-state index contributed by atoms with van der Waals surface area (Å²) in [4.78, 5) is 38.4. The second kappa shape index (κ2) is 8.33. The van der Waals surface area contributed by atoms with E-state index in [1.54, 1.807) is 11.8 Å². The number of likely N-dealkylation sites (tertiary alicyclic amines) is 1. The SMILES string of the molecule is CCOC(=O)c1c(NC(=O)N2CCC(C(=O)O)CC2)sc(C)c1CC. The Bertz CT molecular complexity index is 662. The van der Waals surface area contributed by atoms with Gasteiger partial charge in [-0.3, -0.25) is 10.1 Å². The molecule has 8 heteroatoms. The molecule has 25 heavy (non-hydrogen) atoms. The van der Waals surface area contributed by atoms with Crippen LogP contribution in [0.25, 0.3) is 0 Å². The molecule has 0 aliphatic carbocycles. The van der Waals surface area contributed by atoms with Crippen LogP contribution < -0.4 is 5.32 Å². The zero-order valence-corrected chi connectivity index (χ0v) is 15.6. The molecule has 1 aliphatic heterocycles. The normalized spacial score (nSPS) is 15.1. The van der Waals surface area contributed by atoms with E-state index in [9.17, 15) is 14.4 Å². The number of piperidine rings is 1. The minimum atomic E-state index is -0.814. The quantitative estimate of drug-likeness (QED) is 0.779. The number of hydrogen-bond acceptors (Lipinski definition) is 5. The molecule has 2 amide bonds. The van der Waals surface area contributed by atoms with E-state index < -0.39 is 17.9 Å². The average Bonchev–Trinajstić information content (AvgIpc) is 2.90. The van der Waals surface area contributed by atoms with Gasteiger partial charge in [0.05, 0.1) is 18.1 Å². The Morgan fingerprint density at radius 2 is 1.92 bits per heavy atom. The zero-order chi connectivity index (χ0) is 18.6. The summed E-state index contributed by atoms with van der Waals surface area (Å²) in [5, 5.41) is 12.4. The van der Waals surface area contributed by atoms with Gasteiger partial charge in [0.15, 0.2) is 0 Å². The molecule has 1 aromatic heterocycles. The smallest absolute Gasteiger partial charge is 0.341 e. The maximum absolute atomic E-state index is 12.5. The third kappa shape index (κ3) is 4.31. The highest BCUT2D eigenvalue weighted by atomic mass is 32.1. The number of amides is 2. The number of rotatable bonds is 5. The number of urea groups is 1. The van der Waals surface area contributed by atoms with Gasteiger partial charge in [-0.15, -0.1) is 11.3 Å². The standard InChI is InChI=1S/C17H24N2O5S/c1-4-12-10(3)25-14(13(12)16(22)24-5-2)18-17(23)19-8-6-11(7-9-19)15(20)21/h11H,4-9H2,1-3H3,(H,18,23)(H,20,21). The topological polar surface area (TPSA) is 95.9 Å². The Kier molecular flexibility index (Phi) is 6.41. The maximum atomic E-state index is 12.5. The van der Waals surface area contributed by atoms with Gasteiger partial charge in [-0.05, 0) is 38.7 Å². The lowest BCUT2D eigenvalue weighted by molar-refractivity contribution is -0.143. The fourth-order valence-electron chi connectivity index (χ4n) is 3.02. The molecule has 0 radical (unpaired) electrons. The lowest BCUT2D eigenvalue weighted by Crippen LogP contribution is -2.42. The molecule has 1 aliphatic rings. The number of hydrogen-bond donors (Lipinski definition) is 2. The molecule has 1 saturated heterocycles. The van der Waals surface area contributed by atoms with E-state index in [4.69, 9.17) is 9.84 Å². The number of carboxylic acid groups (broad SMARTS) is 1. The monoisotopic (exact) mass is 368 g/mol. The Morgan fingerprint density at radius 1 is 1.28 bits per heavy atom. The van der Waals surface area contributed by atoms with E-state index in [-0.39, 0.29) is 12.6 Å². The van der Waals surface area contributed by atoms with E-state index in [0.29, 0.717) is 42.9 Å². The van der Waals surface area contributed by atoms with Crippen LogP contribution in [0.2, 0.25) is 0 Å². The highest BCUT2D eigenvalue weighted by Gasteiger charge is 2.29. The summed E-state index contributed by atoms with van der Waals surface area (Å²) in [5.74, 6) is -1.63. The Morgan fingerprint density at radius 3 is 2.44 bits per heavy atom. The molecule has 0 atom stereocenters. The molecule has 1 aromatic rings. The molecule has 2 rings (SSSR count). The summed E-state index contributed by atoms with van der Waals surface area (Å²) in [6.07, 6.45) is 1.56. The van der Waals surface area contributed by atoms with Crippen molar-refractivity contribution in [2.45, 2.75) is 40.0 Å². The van der Waals surface area contributed by atoms with E-state index in [1.165, 1.54) is 11.3 Å². The molecule has 0 unspecified atom stereocenters. The van der Waals surface area contributed by atoms with Crippen LogP contribution in [0.3, 0.4) is 0 Å². The number of carbonyl (C=O) groups is 3. The number of nitrogens with zero attached hydrogens (tertiary/aromatic N) is 1. The van der Waals surface area contributed by atoms with Gasteiger partial charge in [0.25, 0.3) is 0 Å². The first-order valence-corrected chi connectivity index (χ1v) is 9.28. The number of carboxylic acids is 1. The Balaban J connectivity index is 2.13. The van der Waals surface area contributed by atoms with Gasteiger partial charge in [-0.2, -0.15) is 0 Å². The number of ether oxygens (including phenoxy) is 1. The minimum Gasteiger partial charge on any atom is -0.481 e. The predicted molar refractivity (Wildman–Crippen MR) is 95.3 cm³/mol. The van der Waals surface area contributed by atoms with Crippen LogP contribution in [-0.4, -0.2) is 47.7 Å². The lowest BCUT2D eigenvalue weighted by atomic mass is 9.97. The number of carbonyl (C=O) groups excluding carboxylic acids is 2. The van der Waals surface area contributed by atoms with Crippen molar-refractivity contribution in [1.82, 2.24) is 4.90 Å². The molecule has 2 N–H and O–H groups in total. The van der Waals surface area contributed by atoms with Gasteiger partial charge >= 0.3 is 18.0 Å². The molecule has 2 heterocycles. The van der Waals surface area contributed by atoms with Crippen LogP contribution in [0.5, 0.6) is 0 Å². The van der Waals surface area contributed by atoms with Crippen molar-refractivity contribution in [2.75, 3.05) is 25.0 Å². The van der Waals surface area contributed by atoms with Crippen molar-refractivity contribution in [1.29, 1.82) is 0 Å². The van der Waals surface area contributed by atoms with E-state index in [0.717, 1.165) is 10.4 Å². The van der Waals surface area contributed by atoms with E-state index >= 15 is 0 Å². The lowest BCUT2D eigenvalue weighted by Gasteiger charge is -2.30. The van der Waals surface area contributed by atoms with Gasteiger partial charge in [-0.25, -0.2) is 9.59 Å². The second-order valence-corrected chi connectivity index (χ2v) is 7.17. The number of thiophene rings is 1. The first-order valence-electron chi connectivity index (χ1n) is 8.47. The highest BCUT2D eigenvalue weighted by Crippen LogP contribution is 2.34. The molecule has 0 aromatic carbocycles. The summed E-state index contributed by atoms with van der Waals surface area (Å²) >= 11 is 1.36.